The van der Waals surface area contributed by atoms with Gasteiger partial charge in [-0.15, -0.1) is 0 Å². The Bertz CT molecular complexity index is 1400. The molecule has 1 aromatic heterocycles. The van der Waals surface area contributed by atoms with Crippen molar-refractivity contribution in [2.24, 2.45) is 5.92 Å². The number of carbonyl (C=O) groups excluding carboxylic acids is 2. The maximum Gasteiger partial charge on any atom is 0.401 e. The number of ether oxygens (including phenoxy) is 4. The number of carbonyl (C=O) groups is 2. The molecule has 2 aromatic rings. The van der Waals surface area contributed by atoms with E-state index in [0.717, 1.165) is 5.56 Å². The molecule has 1 aromatic carbocycles. The Balaban J connectivity index is 1.46. The highest BCUT2D eigenvalue weighted by atomic mass is 19.4. The molecule has 1 N–H and O–H groups in total. The summed E-state index contributed by atoms with van der Waals surface area (Å²) in [6.45, 7) is -0.0179. The maximum atomic E-state index is 14.0. The zero-order valence-corrected chi connectivity index (χ0v) is 24.9. The molecular weight excluding hydrogens is 602 g/mol. The van der Waals surface area contributed by atoms with Crippen molar-refractivity contribution in [3.05, 3.63) is 65.1 Å². The molecule has 2 atom stereocenters. The Morgan fingerprint density at radius 1 is 1.16 bits per heavy atom. The number of hydrogen-bond donors (Lipinski definition) is 1. The second-order valence-electron chi connectivity index (χ2n) is 10.9. The van der Waals surface area contributed by atoms with E-state index in [2.05, 4.69) is 10.3 Å². The van der Waals surface area contributed by atoms with Gasteiger partial charge in [-0.05, 0) is 17.7 Å². The number of piperazine rings is 1. The lowest BCUT2D eigenvalue weighted by atomic mass is 9.95. The molecule has 1 fully saturated rings. The van der Waals surface area contributed by atoms with Crippen LogP contribution in [0.25, 0.3) is 0 Å². The maximum absolute atomic E-state index is 14.0. The van der Waals surface area contributed by atoms with Crippen molar-refractivity contribution >= 4 is 17.4 Å². The third kappa shape index (κ3) is 7.79. The predicted molar refractivity (Wildman–Crippen MR) is 153 cm³/mol. The van der Waals surface area contributed by atoms with Crippen LogP contribution in [0.5, 0.6) is 5.75 Å². The number of Topliss-reactive ketones (excluding diaryl/α,β-unsaturated/α-hetero) is 1. The summed E-state index contributed by atoms with van der Waals surface area (Å²) in [6, 6.07) is 5.87. The first-order chi connectivity index (χ1) is 21.6. The average Bonchev–Trinajstić information content (AvgIpc) is 3.01. The van der Waals surface area contributed by atoms with E-state index in [1.807, 2.05) is 0 Å². The van der Waals surface area contributed by atoms with Crippen LogP contribution < -0.4 is 15.0 Å². The van der Waals surface area contributed by atoms with Crippen LogP contribution in [0.3, 0.4) is 0 Å². The number of anilines is 1. The zero-order valence-electron chi connectivity index (χ0n) is 24.9. The van der Waals surface area contributed by atoms with Crippen LogP contribution in [0.2, 0.25) is 0 Å². The number of halogens is 4. The van der Waals surface area contributed by atoms with Crippen LogP contribution >= 0.6 is 0 Å². The Kier molecular flexibility index (Phi) is 10.3. The van der Waals surface area contributed by atoms with E-state index >= 15 is 0 Å². The quantitative estimate of drug-likeness (QED) is 0.238. The van der Waals surface area contributed by atoms with Crippen LogP contribution in [-0.4, -0.2) is 112 Å². The highest BCUT2D eigenvalue weighted by Gasteiger charge is 2.40. The van der Waals surface area contributed by atoms with E-state index in [4.69, 9.17) is 18.9 Å². The van der Waals surface area contributed by atoms with Crippen molar-refractivity contribution in [2.75, 3.05) is 78.3 Å². The van der Waals surface area contributed by atoms with Gasteiger partial charge >= 0.3 is 6.18 Å². The van der Waals surface area contributed by atoms with Gasteiger partial charge in [0.1, 0.15) is 30.2 Å². The van der Waals surface area contributed by atoms with Gasteiger partial charge in [0.2, 0.25) is 5.76 Å². The number of nitrogens with zero attached hydrogens (tertiary/aromatic N) is 4. The third-order valence-corrected chi connectivity index (χ3v) is 7.80. The first-order valence-corrected chi connectivity index (χ1v) is 14.5. The van der Waals surface area contributed by atoms with Gasteiger partial charge in [-0.25, -0.2) is 4.39 Å². The second kappa shape index (κ2) is 14.2. The SMILES string of the molecule is COCCNC(OC)C1COCN2C=C(C(=O)N3CCN(CC(F)(F)F)CC3)Oc3c(Cc4ccc(F)cc4)cnc(c32)C1=O. The van der Waals surface area contributed by atoms with Crippen LogP contribution in [0.15, 0.2) is 42.4 Å². The molecule has 3 aliphatic heterocycles. The summed E-state index contributed by atoms with van der Waals surface area (Å²) >= 11 is 0. The molecule has 0 saturated carbocycles. The molecule has 11 nitrogen and oxygen atoms in total. The molecule has 0 aliphatic carbocycles. The number of benzene rings is 1. The molecule has 3 aliphatic rings. The van der Waals surface area contributed by atoms with Gasteiger partial charge in [0.25, 0.3) is 5.91 Å². The van der Waals surface area contributed by atoms with Crippen molar-refractivity contribution in [3.8, 4) is 5.75 Å². The van der Waals surface area contributed by atoms with Crippen molar-refractivity contribution < 1.29 is 46.1 Å². The minimum atomic E-state index is -4.33. The zero-order chi connectivity index (χ0) is 32.1. The first-order valence-electron chi connectivity index (χ1n) is 14.5. The van der Waals surface area contributed by atoms with Crippen molar-refractivity contribution in [1.82, 2.24) is 20.1 Å². The summed E-state index contributed by atoms with van der Waals surface area (Å²) in [5.74, 6) is -1.91. The van der Waals surface area contributed by atoms with E-state index in [1.54, 1.807) is 24.1 Å². The number of ketones is 1. The monoisotopic (exact) mass is 637 g/mol. The highest BCUT2D eigenvalue weighted by molar-refractivity contribution is 6.04. The molecule has 0 bridgehead atoms. The van der Waals surface area contributed by atoms with Gasteiger partial charge in [0.15, 0.2) is 11.5 Å². The summed E-state index contributed by atoms with van der Waals surface area (Å²) in [6.07, 6.45) is -1.86. The van der Waals surface area contributed by atoms with Crippen LogP contribution in [0.4, 0.5) is 23.2 Å². The Labute approximate surface area is 257 Å². The lowest BCUT2D eigenvalue weighted by molar-refractivity contribution is -0.151. The van der Waals surface area contributed by atoms with E-state index in [1.165, 1.54) is 41.4 Å². The van der Waals surface area contributed by atoms with Gasteiger partial charge in [-0.1, -0.05) is 12.1 Å². The Morgan fingerprint density at radius 3 is 2.56 bits per heavy atom. The number of alkyl halides is 3. The molecule has 1 amide bonds. The highest BCUT2D eigenvalue weighted by Crippen LogP contribution is 2.42. The summed E-state index contributed by atoms with van der Waals surface area (Å²) in [5.41, 5.74) is 1.67. The normalized spacial score (nSPS) is 19.7. The van der Waals surface area contributed by atoms with Gasteiger partial charge in [-0.2, -0.15) is 13.2 Å². The lowest BCUT2D eigenvalue weighted by Crippen LogP contribution is -2.52. The van der Waals surface area contributed by atoms with E-state index in [0.29, 0.717) is 24.4 Å². The van der Waals surface area contributed by atoms with E-state index < -0.39 is 36.6 Å². The molecule has 0 spiro atoms. The largest absolute Gasteiger partial charge is 0.447 e. The van der Waals surface area contributed by atoms with E-state index in [9.17, 15) is 27.2 Å². The predicted octanol–water partition coefficient (Wildman–Crippen LogP) is 2.55. The average molecular weight is 638 g/mol. The summed E-state index contributed by atoms with van der Waals surface area (Å²) in [4.78, 5) is 36.4. The first kappa shape index (κ1) is 32.8. The molecule has 1 saturated heterocycles. The third-order valence-electron chi connectivity index (χ3n) is 7.80. The molecule has 2 unspecified atom stereocenters. The van der Waals surface area contributed by atoms with Gasteiger partial charge in [0.05, 0.1) is 31.9 Å². The van der Waals surface area contributed by atoms with Gasteiger partial charge in [-0.3, -0.25) is 24.8 Å². The second-order valence-corrected chi connectivity index (χ2v) is 10.9. The number of aromatic nitrogens is 1. The number of hydrogen-bond acceptors (Lipinski definition) is 10. The lowest BCUT2D eigenvalue weighted by Gasteiger charge is -2.37. The van der Waals surface area contributed by atoms with Gasteiger partial charge in [0, 0.05) is 65.1 Å². The number of rotatable bonds is 10. The van der Waals surface area contributed by atoms with Gasteiger partial charge < -0.3 is 28.7 Å². The van der Waals surface area contributed by atoms with E-state index in [-0.39, 0.29) is 68.9 Å². The Morgan fingerprint density at radius 2 is 1.89 bits per heavy atom. The molecule has 0 radical (unpaired) electrons. The fraction of sp³-hybridized carbons (Fsp3) is 0.500. The molecule has 5 rings (SSSR count). The fourth-order valence-corrected chi connectivity index (χ4v) is 5.54. The number of methoxy groups -OCH3 is 2. The molecule has 4 heterocycles. The molecule has 244 valence electrons. The topological polar surface area (TPSA) is 106 Å². The standard InChI is InChI=1S/C30H35F4N5O6/c1-42-12-7-35-28(43-2)22-16-44-18-39-15-23(29(41)38-10-8-37(9-11-38)17-30(32,33)34)45-27-20(13-19-3-5-21(31)6-4-19)14-36-24(25(27)39)26(22)40/h3-6,14-15,22,28,35H,7-13,16-18H2,1-2H3. The number of pyridine rings is 1. The minimum Gasteiger partial charge on any atom is -0.447 e. The van der Waals surface area contributed by atoms with Crippen molar-refractivity contribution in [2.45, 2.75) is 18.8 Å². The van der Waals surface area contributed by atoms with Crippen LogP contribution in [-0.2, 0) is 25.4 Å². The van der Waals surface area contributed by atoms with Crippen LogP contribution in [0.1, 0.15) is 21.6 Å². The fourth-order valence-electron chi connectivity index (χ4n) is 5.54. The summed E-state index contributed by atoms with van der Waals surface area (Å²) < 4.78 is 75.1. The Hall–Kier alpha value is -3.63. The molecular formula is C30H35F4N5O6. The van der Waals surface area contributed by atoms with Crippen LogP contribution in [0, 0.1) is 11.7 Å². The van der Waals surface area contributed by atoms with Crippen molar-refractivity contribution in [1.29, 1.82) is 0 Å². The summed E-state index contributed by atoms with van der Waals surface area (Å²) in [7, 11) is 3.04. The molecule has 45 heavy (non-hydrogen) atoms. The smallest absolute Gasteiger partial charge is 0.401 e. The summed E-state index contributed by atoms with van der Waals surface area (Å²) in [5, 5.41) is 3.15. The van der Waals surface area contributed by atoms with Crippen molar-refractivity contribution in [3.63, 3.8) is 0 Å². The minimum absolute atomic E-state index is 0.0131. The molecule has 15 heteroatoms. The number of nitrogens with one attached hydrogen (secondary N) is 1. The number of amides is 1.